The van der Waals surface area contributed by atoms with E-state index in [1.807, 2.05) is 20.8 Å². The van der Waals surface area contributed by atoms with E-state index in [4.69, 9.17) is 9.15 Å². The standard InChI is InChI=1S/C10H16N2O3S/c1-10(2,3)15-8(13)6-4-5-7-11-12-9(16)14-7/h4-6H2,1-3H3,(H,12,16). The first-order chi connectivity index (χ1) is 7.37. The summed E-state index contributed by atoms with van der Waals surface area (Å²) < 4.78 is 10.2. The predicted octanol–water partition coefficient (Wildman–Crippen LogP) is 2.02. The van der Waals surface area contributed by atoms with Crippen LogP contribution in [0.15, 0.2) is 9.64 Å². The van der Waals surface area contributed by atoms with Gasteiger partial charge in [0.25, 0.3) is 5.22 Å². The molecule has 1 heterocycles. The molecule has 1 rings (SSSR count). The molecule has 0 atom stereocenters. The maximum absolute atomic E-state index is 11.4. The molecule has 1 aromatic heterocycles. The van der Waals surface area contributed by atoms with Crippen molar-refractivity contribution in [1.29, 1.82) is 0 Å². The number of rotatable bonds is 4. The fraction of sp³-hybridized carbons (Fsp3) is 0.700. The van der Waals surface area contributed by atoms with Gasteiger partial charge in [0, 0.05) is 12.8 Å². The fourth-order valence-electron chi connectivity index (χ4n) is 1.12. The van der Waals surface area contributed by atoms with E-state index in [1.165, 1.54) is 0 Å². The van der Waals surface area contributed by atoms with E-state index < -0.39 is 5.60 Å². The monoisotopic (exact) mass is 244 g/mol. The van der Waals surface area contributed by atoms with Crippen molar-refractivity contribution in [1.82, 2.24) is 10.2 Å². The number of carbonyl (C=O) groups is 1. The topological polar surface area (TPSA) is 65.2 Å². The van der Waals surface area contributed by atoms with Gasteiger partial charge in [-0.25, -0.2) is 0 Å². The Hall–Kier alpha value is -1.04. The fourth-order valence-corrected chi connectivity index (χ4v) is 1.27. The summed E-state index contributed by atoms with van der Waals surface area (Å²) in [6.07, 6.45) is 1.54. The number of hydrogen-bond acceptors (Lipinski definition) is 6. The highest BCUT2D eigenvalue weighted by molar-refractivity contribution is 7.80. The predicted molar refractivity (Wildman–Crippen MR) is 60.3 cm³/mol. The summed E-state index contributed by atoms with van der Waals surface area (Å²) in [6.45, 7) is 5.53. The molecule has 0 bridgehead atoms. The number of carbonyl (C=O) groups excluding carboxylic acids is 1. The van der Waals surface area contributed by atoms with Crippen LogP contribution in [0, 0.1) is 0 Å². The number of thiol groups is 1. The van der Waals surface area contributed by atoms with Crippen LogP contribution in [0.3, 0.4) is 0 Å². The number of aromatic nitrogens is 2. The Labute approximate surface area is 100.0 Å². The quantitative estimate of drug-likeness (QED) is 0.648. The Morgan fingerprint density at radius 1 is 1.44 bits per heavy atom. The van der Waals surface area contributed by atoms with Gasteiger partial charge in [0.15, 0.2) is 0 Å². The average molecular weight is 244 g/mol. The molecule has 0 aliphatic rings. The molecule has 0 aliphatic heterocycles. The first-order valence-electron chi connectivity index (χ1n) is 5.10. The summed E-state index contributed by atoms with van der Waals surface area (Å²) in [5.74, 6) is 0.284. The zero-order valence-corrected chi connectivity index (χ0v) is 10.6. The molecule has 0 radical (unpaired) electrons. The average Bonchev–Trinajstić information content (AvgIpc) is 2.48. The van der Waals surface area contributed by atoms with Crippen LogP contribution in [0.1, 0.15) is 39.5 Å². The van der Waals surface area contributed by atoms with E-state index in [1.54, 1.807) is 0 Å². The molecule has 0 unspecified atom stereocenters. The first-order valence-corrected chi connectivity index (χ1v) is 5.55. The molecule has 0 aromatic carbocycles. The van der Waals surface area contributed by atoms with Crippen LogP contribution < -0.4 is 0 Å². The van der Waals surface area contributed by atoms with Gasteiger partial charge in [-0.15, -0.1) is 10.2 Å². The Kier molecular flexibility index (Phi) is 4.35. The molecular weight excluding hydrogens is 228 g/mol. The highest BCUT2D eigenvalue weighted by Crippen LogP contribution is 2.11. The van der Waals surface area contributed by atoms with E-state index >= 15 is 0 Å². The van der Waals surface area contributed by atoms with E-state index in [0.29, 0.717) is 25.2 Å². The molecular formula is C10H16N2O3S. The lowest BCUT2D eigenvalue weighted by molar-refractivity contribution is -0.154. The van der Waals surface area contributed by atoms with E-state index in [9.17, 15) is 4.79 Å². The third-order valence-electron chi connectivity index (χ3n) is 1.65. The largest absolute Gasteiger partial charge is 0.460 e. The van der Waals surface area contributed by atoms with Crippen LogP contribution >= 0.6 is 12.6 Å². The number of esters is 1. The maximum atomic E-state index is 11.4. The zero-order valence-electron chi connectivity index (χ0n) is 9.69. The maximum Gasteiger partial charge on any atom is 0.306 e. The lowest BCUT2D eigenvalue weighted by Gasteiger charge is -2.19. The molecule has 0 aliphatic carbocycles. The van der Waals surface area contributed by atoms with Crippen molar-refractivity contribution in [2.24, 2.45) is 0 Å². The number of aryl methyl sites for hydroxylation is 1. The van der Waals surface area contributed by atoms with Crippen molar-refractivity contribution < 1.29 is 13.9 Å². The van der Waals surface area contributed by atoms with Crippen LogP contribution in [0.25, 0.3) is 0 Å². The Morgan fingerprint density at radius 3 is 2.62 bits per heavy atom. The molecule has 0 saturated carbocycles. The third-order valence-corrected chi connectivity index (χ3v) is 1.83. The van der Waals surface area contributed by atoms with Crippen LogP contribution in [0.4, 0.5) is 0 Å². The highest BCUT2D eigenvalue weighted by Gasteiger charge is 2.16. The van der Waals surface area contributed by atoms with Crippen molar-refractivity contribution in [3.8, 4) is 0 Å². The van der Waals surface area contributed by atoms with Crippen molar-refractivity contribution in [2.75, 3.05) is 0 Å². The van der Waals surface area contributed by atoms with Gasteiger partial charge in [-0.2, -0.15) is 0 Å². The molecule has 0 spiro atoms. The summed E-state index contributed by atoms with van der Waals surface area (Å²) in [4.78, 5) is 11.4. The first kappa shape index (κ1) is 13.0. The van der Waals surface area contributed by atoms with Gasteiger partial charge < -0.3 is 9.15 Å². The molecule has 5 nitrogen and oxygen atoms in total. The second-order valence-corrected chi connectivity index (χ2v) is 4.80. The number of hydrogen-bond donors (Lipinski definition) is 1. The summed E-state index contributed by atoms with van der Waals surface area (Å²) >= 11 is 3.89. The van der Waals surface area contributed by atoms with Crippen molar-refractivity contribution in [2.45, 2.75) is 50.9 Å². The van der Waals surface area contributed by atoms with Crippen LogP contribution in [0.5, 0.6) is 0 Å². The van der Waals surface area contributed by atoms with Gasteiger partial charge in [0.1, 0.15) is 5.60 Å². The molecule has 0 amide bonds. The molecule has 90 valence electrons. The number of nitrogens with zero attached hydrogens (tertiary/aromatic N) is 2. The molecule has 6 heteroatoms. The van der Waals surface area contributed by atoms with Gasteiger partial charge in [0.2, 0.25) is 5.89 Å². The molecule has 0 fully saturated rings. The Morgan fingerprint density at radius 2 is 2.12 bits per heavy atom. The SMILES string of the molecule is CC(C)(C)OC(=O)CCCc1nnc(S)o1. The summed E-state index contributed by atoms with van der Waals surface area (Å²) in [7, 11) is 0. The second kappa shape index (κ2) is 5.34. The lowest BCUT2D eigenvalue weighted by Crippen LogP contribution is -2.23. The Balaban J connectivity index is 2.23. The summed E-state index contributed by atoms with van der Waals surface area (Å²) in [5.41, 5.74) is -0.431. The molecule has 1 aromatic rings. The van der Waals surface area contributed by atoms with Gasteiger partial charge >= 0.3 is 5.97 Å². The van der Waals surface area contributed by atoms with Crippen LogP contribution in [-0.4, -0.2) is 21.8 Å². The minimum absolute atomic E-state index is 0.210. The smallest absolute Gasteiger partial charge is 0.306 e. The normalized spacial score (nSPS) is 11.5. The number of ether oxygens (including phenoxy) is 1. The van der Waals surface area contributed by atoms with Crippen molar-refractivity contribution >= 4 is 18.6 Å². The van der Waals surface area contributed by atoms with Crippen molar-refractivity contribution in [3.63, 3.8) is 0 Å². The van der Waals surface area contributed by atoms with Crippen LogP contribution in [-0.2, 0) is 16.0 Å². The summed E-state index contributed by atoms with van der Waals surface area (Å²) in [6, 6.07) is 0. The lowest BCUT2D eigenvalue weighted by atomic mass is 10.2. The zero-order chi connectivity index (χ0) is 12.2. The van der Waals surface area contributed by atoms with Crippen LogP contribution in [0.2, 0.25) is 0 Å². The van der Waals surface area contributed by atoms with Gasteiger partial charge in [-0.05, 0) is 27.2 Å². The van der Waals surface area contributed by atoms with Gasteiger partial charge in [-0.1, -0.05) is 12.6 Å². The summed E-state index contributed by atoms with van der Waals surface area (Å²) in [5, 5.41) is 7.59. The Bertz CT molecular complexity index is 357. The van der Waals surface area contributed by atoms with E-state index in [0.717, 1.165) is 0 Å². The minimum atomic E-state index is -0.431. The molecule has 16 heavy (non-hydrogen) atoms. The second-order valence-electron chi connectivity index (χ2n) is 4.42. The molecule has 0 N–H and O–H groups in total. The highest BCUT2D eigenvalue weighted by atomic mass is 32.1. The third kappa shape index (κ3) is 5.16. The van der Waals surface area contributed by atoms with E-state index in [-0.39, 0.29) is 11.2 Å². The minimum Gasteiger partial charge on any atom is -0.460 e. The van der Waals surface area contributed by atoms with E-state index in [2.05, 4.69) is 22.8 Å². The van der Waals surface area contributed by atoms with Gasteiger partial charge in [0.05, 0.1) is 0 Å². The van der Waals surface area contributed by atoms with Gasteiger partial charge in [-0.3, -0.25) is 4.79 Å². The molecule has 0 saturated heterocycles. The van der Waals surface area contributed by atoms with Crippen molar-refractivity contribution in [3.05, 3.63) is 5.89 Å².